The number of rotatable bonds is 2. The minimum atomic E-state index is 0.255. The summed E-state index contributed by atoms with van der Waals surface area (Å²) in [6.45, 7) is 0. The Morgan fingerprint density at radius 1 is 1.07 bits per heavy atom. The molecule has 0 aliphatic rings. The van der Waals surface area contributed by atoms with Crippen LogP contribution in [0.2, 0.25) is 0 Å². The first-order valence-electron chi connectivity index (χ1n) is 3.88. The fourth-order valence-electron chi connectivity index (χ4n) is 0.845. The van der Waals surface area contributed by atoms with Crippen molar-refractivity contribution >= 4 is 17.7 Å². The predicted molar refractivity (Wildman–Crippen MR) is 52.6 cm³/mol. The predicted octanol–water partition coefficient (Wildman–Crippen LogP) is 1.00. The van der Waals surface area contributed by atoms with E-state index < -0.39 is 0 Å². The number of nitrogens with zero attached hydrogens (tertiary/aromatic N) is 4. The zero-order valence-corrected chi connectivity index (χ0v) is 7.98. The van der Waals surface area contributed by atoms with Crippen LogP contribution in [0, 0.1) is 0 Å². The van der Waals surface area contributed by atoms with Gasteiger partial charge in [-0.1, -0.05) is 0 Å². The van der Waals surface area contributed by atoms with Crippen LogP contribution in [0.3, 0.4) is 0 Å². The molecule has 0 radical (unpaired) electrons. The molecule has 0 saturated heterocycles. The second-order valence-corrected chi connectivity index (χ2v) is 3.37. The van der Waals surface area contributed by atoms with E-state index in [2.05, 4.69) is 19.9 Å². The van der Waals surface area contributed by atoms with E-state index in [1.54, 1.807) is 30.7 Å². The van der Waals surface area contributed by atoms with Gasteiger partial charge in [-0.3, -0.25) is 0 Å². The summed E-state index contributed by atoms with van der Waals surface area (Å²) in [6, 6.07) is 3.52. The van der Waals surface area contributed by atoms with Gasteiger partial charge in [-0.2, -0.15) is 0 Å². The molecular formula is C8H7N5S. The Morgan fingerprint density at radius 2 is 1.86 bits per heavy atom. The van der Waals surface area contributed by atoms with Crippen molar-refractivity contribution in [3.05, 3.63) is 30.7 Å². The molecule has 0 aliphatic carbocycles. The molecule has 2 aromatic heterocycles. The van der Waals surface area contributed by atoms with Crippen LogP contribution >= 0.6 is 11.8 Å². The van der Waals surface area contributed by atoms with Crippen LogP contribution in [0.25, 0.3) is 0 Å². The van der Waals surface area contributed by atoms with Gasteiger partial charge in [0.25, 0.3) is 0 Å². The van der Waals surface area contributed by atoms with E-state index in [1.165, 1.54) is 11.8 Å². The summed E-state index contributed by atoms with van der Waals surface area (Å²) in [5.74, 6) is 0.255. The number of anilines is 1. The molecule has 2 rings (SSSR count). The average Bonchev–Trinajstić information content (AvgIpc) is 2.19. The Bertz CT molecular complexity index is 419. The van der Waals surface area contributed by atoms with E-state index in [9.17, 15) is 0 Å². The molecule has 2 heterocycles. The molecule has 2 aromatic rings. The minimum absolute atomic E-state index is 0.255. The lowest BCUT2D eigenvalue weighted by molar-refractivity contribution is 0.957. The SMILES string of the molecule is Nc1nccc(Sc2ncccn2)n1. The van der Waals surface area contributed by atoms with Gasteiger partial charge >= 0.3 is 0 Å². The molecular weight excluding hydrogens is 198 g/mol. The van der Waals surface area contributed by atoms with Crippen molar-refractivity contribution in [2.75, 3.05) is 5.73 Å². The fourth-order valence-corrected chi connectivity index (χ4v) is 1.53. The van der Waals surface area contributed by atoms with E-state index in [0.717, 1.165) is 5.03 Å². The number of nitrogens with two attached hydrogens (primary N) is 1. The maximum Gasteiger partial charge on any atom is 0.221 e. The smallest absolute Gasteiger partial charge is 0.221 e. The lowest BCUT2D eigenvalue weighted by atomic mass is 10.7. The van der Waals surface area contributed by atoms with Crippen molar-refractivity contribution in [3.63, 3.8) is 0 Å². The van der Waals surface area contributed by atoms with Crippen molar-refractivity contribution in [1.82, 2.24) is 19.9 Å². The Morgan fingerprint density at radius 3 is 2.57 bits per heavy atom. The van der Waals surface area contributed by atoms with Gasteiger partial charge in [0.15, 0.2) is 5.16 Å². The normalized spacial score (nSPS) is 10.0. The summed E-state index contributed by atoms with van der Waals surface area (Å²) in [6.07, 6.45) is 4.97. The highest BCUT2D eigenvalue weighted by Gasteiger charge is 2.00. The highest BCUT2D eigenvalue weighted by molar-refractivity contribution is 7.99. The summed E-state index contributed by atoms with van der Waals surface area (Å²) in [7, 11) is 0. The first-order chi connectivity index (χ1) is 6.84. The van der Waals surface area contributed by atoms with Crippen molar-refractivity contribution in [2.45, 2.75) is 10.2 Å². The molecule has 14 heavy (non-hydrogen) atoms. The second kappa shape index (κ2) is 4.01. The van der Waals surface area contributed by atoms with Gasteiger partial charge in [-0.05, 0) is 23.9 Å². The van der Waals surface area contributed by atoms with Gasteiger partial charge in [0.05, 0.1) is 0 Å². The minimum Gasteiger partial charge on any atom is -0.368 e. The van der Waals surface area contributed by atoms with Crippen LogP contribution < -0.4 is 5.73 Å². The quantitative estimate of drug-likeness (QED) is 0.582. The molecule has 0 fully saturated rings. The summed E-state index contributed by atoms with van der Waals surface area (Å²) >= 11 is 1.35. The molecule has 0 bridgehead atoms. The molecule has 0 aromatic carbocycles. The number of nitrogen functional groups attached to an aromatic ring is 1. The summed E-state index contributed by atoms with van der Waals surface area (Å²) in [4.78, 5) is 15.9. The van der Waals surface area contributed by atoms with E-state index in [-0.39, 0.29) is 5.95 Å². The third-order valence-electron chi connectivity index (χ3n) is 1.39. The molecule has 0 amide bonds. The summed E-state index contributed by atoms with van der Waals surface area (Å²) in [5.41, 5.74) is 5.44. The Hall–Kier alpha value is -1.69. The van der Waals surface area contributed by atoms with Crippen LogP contribution in [0.5, 0.6) is 0 Å². The van der Waals surface area contributed by atoms with Gasteiger partial charge in [0.2, 0.25) is 5.95 Å². The first kappa shape index (κ1) is 8.89. The molecule has 0 spiro atoms. The zero-order valence-electron chi connectivity index (χ0n) is 7.16. The molecule has 70 valence electrons. The van der Waals surface area contributed by atoms with Crippen molar-refractivity contribution in [3.8, 4) is 0 Å². The Labute approximate surface area is 84.8 Å². The monoisotopic (exact) mass is 205 g/mol. The van der Waals surface area contributed by atoms with Crippen molar-refractivity contribution < 1.29 is 0 Å². The third-order valence-corrected chi connectivity index (χ3v) is 2.22. The van der Waals surface area contributed by atoms with E-state index >= 15 is 0 Å². The van der Waals surface area contributed by atoms with Crippen molar-refractivity contribution in [1.29, 1.82) is 0 Å². The van der Waals surface area contributed by atoms with Crippen LogP contribution in [-0.2, 0) is 0 Å². The van der Waals surface area contributed by atoms with Crippen LogP contribution in [-0.4, -0.2) is 19.9 Å². The number of hydrogen-bond donors (Lipinski definition) is 1. The Balaban J connectivity index is 2.19. The highest BCUT2D eigenvalue weighted by atomic mass is 32.2. The van der Waals surface area contributed by atoms with Crippen LogP contribution in [0.4, 0.5) is 5.95 Å². The molecule has 0 aliphatic heterocycles. The van der Waals surface area contributed by atoms with Crippen molar-refractivity contribution in [2.24, 2.45) is 0 Å². The van der Waals surface area contributed by atoms with Gasteiger partial charge in [0, 0.05) is 18.6 Å². The number of aromatic nitrogens is 4. The fraction of sp³-hybridized carbons (Fsp3) is 0. The highest BCUT2D eigenvalue weighted by Crippen LogP contribution is 2.21. The summed E-state index contributed by atoms with van der Waals surface area (Å²) in [5, 5.41) is 1.38. The molecule has 2 N–H and O–H groups in total. The molecule has 0 atom stereocenters. The Kier molecular flexibility index (Phi) is 2.55. The molecule has 5 nitrogen and oxygen atoms in total. The lowest BCUT2D eigenvalue weighted by Crippen LogP contribution is -1.94. The number of hydrogen-bond acceptors (Lipinski definition) is 6. The van der Waals surface area contributed by atoms with Gasteiger partial charge < -0.3 is 5.73 Å². The topological polar surface area (TPSA) is 77.6 Å². The maximum absolute atomic E-state index is 5.44. The zero-order chi connectivity index (χ0) is 9.80. The standard InChI is InChI=1S/C8H7N5S/c9-7-10-5-2-6(13-7)14-8-11-3-1-4-12-8/h1-5H,(H2,9,10,13). The van der Waals surface area contributed by atoms with Gasteiger partial charge in [-0.25, -0.2) is 19.9 Å². The van der Waals surface area contributed by atoms with E-state index in [1.807, 2.05) is 0 Å². The van der Waals surface area contributed by atoms with E-state index in [0.29, 0.717) is 5.16 Å². The van der Waals surface area contributed by atoms with Crippen LogP contribution in [0.15, 0.2) is 40.9 Å². The maximum atomic E-state index is 5.44. The summed E-state index contributed by atoms with van der Waals surface area (Å²) < 4.78 is 0. The molecule has 0 unspecified atom stereocenters. The lowest BCUT2D eigenvalue weighted by Gasteiger charge is -1.98. The van der Waals surface area contributed by atoms with Gasteiger partial charge in [0.1, 0.15) is 5.03 Å². The van der Waals surface area contributed by atoms with E-state index in [4.69, 9.17) is 5.73 Å². The largest absolute Gasteiger partial charge is 0.368 e. The first-order valence-corrected chi connectivity index (χ1v) is 4.69. The van der Waals surface area contributed by atoms with Gasteiger partial charge in [-0.15, -0.1) is 0 Å². The second-order valence-electron chi connectivity index (χ2n) is 2.39. The molecule has 0 saturated carbocycles. The average molecular weight is 205 g/mol. The molecule has 6 heteroatoms. The third kappa shape index (κ3) is 2.17. The van der Waals surface area contributed by atoms with Crippen LogP contribution in [0.1, 0.15) is 0 Å².